The van der Waals surface area contributed by atoms with E-state index in [1.807, 2.05) is 0 Å². The van der Waals surface area contributed by atoms with Crippen LogP contribution < -0.4 is 0 Å². The minimum absolute atomic E-state index is 0.0470. The number of esters is 1. The molecule has 0 bridgehead atoms. The van der Waals surface area contributed by atoms with Crippen molar-refractivity contribution < 1.29 is 24.5 Å². The maximum atomic E-state index is 11.5. The first-order valence-electron chi connectivity index (χ1n) is 5.26. The third-order valence-corrected chi connectivity index (χ3v) is 3.03. The molecule has 0 saturated carbocycles. The van der Waals surface area contributed by atoms with Crippen molar-refractivity contribution in [1.29, 1.82) is 0 Å². The summed E-state index contributed by atoms with van der Waals surface area (Å²) in [5.74, 6) is -1.99. The van der Waals surface area contributed by atoms with Crippen molar-refractivity contribution >= 4 is 11.9 Å². The predicted molar refractivity (Wildman–Crippen MR) is 57.5 cm³/mol. The monoisotopic (exact) mass is 236 g/mol. The van der Waals surface area contributed by atoms with Crippen LogP contribution in [0.1, 0.15) is 35.4 Å². The van der Waals surface area contributed by atoms with Crippen molar-refractivity contribution in [2.24, 2.45) is 0 Å². The molecule has 0 aromatic heterocycles. The minimum atomic E-state index is -2.08. The van der Waals surface area contributed by atoms with E-state index in [9.17, 15) is 14.7 Å². The van der Waals surface area contributed by atoms with Gasteiger partial charge in [0.15, 0.2) is 6.10 Å². The second-order valence-electron chi connectivity index (χ2n) is 3.96. The van der Waals surface area contributed by atoms with Gasteiger partial charge < -0.3 is 14.9 Å². The molecule has 0 amide bonds. The summed E-state index contributed by atoms with van der Waals surface area (Å²) in [6, 6.07) is 6.48. The Kier molecular flexibility index (Phi) is 2.63. The molecule has 17 heavy (non-hydrogen) atoms. The Morgan fingerprint density at radius 1 is 1.47 bits per heavy atom. The van der Waals surface area contributed by atoms with Gasteiger partial charge in [-0.15, -0.1) is 0 Å². The van der Waals surface area contributed by atoms with Gasteiger partial charge in [-0.1, -0.05) is 25.1 Å². The molecule has 0 saturated heterocycles. The van der Waals surface area contributed by atoms with Gasteiger partial charge in [0, 0.05) is 5.56 Å². The molecule has 0 aliphatic carbocycles. The first-order chi connectivity index (χ1) is 8.00. The van der Waals surface area contributed by atoms with E-state index in [0.29, 0.717) is 11.1 Å². The number of benzene rings is 1. The van der Waals surface area contributed by atoms with Crippen molar-refractivity contribution in [3.05, 3.63) is 35.4 Å². The topological polar surface area (TPSA) is 83.8 Å². The molecule has 1 aliphatic rings. The van der Waals surface area contributed by atoms with Gasteiger partial charge in [0.25, 0.3) is 0 Å². The number of hydrogen-bond donors (Lipinski definition) is 2. The summed E-state index contributed by atoms with van der Waals surface area (Å²) in [4.78, 5) is 22.6. The summed E-state index contributed by atoms with van der Waals surface area (Å²) in [5, 5.41) is 19.1. The molecule has 5 nitrogen and oxygen atoms in total. The average molecular weight is 236 g/mol. The van der Waals surface area contributed by atoms with Gasteiger partial charge in [0.1, 0.15) is 0 Å². The normalized spacial score (nSPS) is 21.5. The molecule has 1 aromatic carbocycles. The number of rotatable bonds is 3. The molecule has 0 spiro atoms. The quantitative estimate of drug-likeness (QED) is 0.768. The molecule has 1 heterocycles. The molecular formula is C12H12O5. The molecule has 1 aliphatic heterocycles. The van der Waals surface area contributed by atoms with Crippen LogP contribution in [0.2, 0.25) is 0 Å². The predicted octanol–water partition coefficient (Wildman–Crippen LogP) is 1.12. The van der Waals surface area contributed by atoms with Crippen LogP contribution in [0.5, 0.6) is 0 Å². The van der Waals surface area contributed by atoms with Gasteiger partial charge >= 0.3 is 11.9 Å². The number of hydrogen-bond acceptors (Lipinski definition) is 4. The van der Waals surface area contributed by atoms with Crippen molar-refractivity contribution in [1.82, 2.24) is 0 Å². The van der Waals surface area contributed by atoms with Gasteiger partial charge in [-0.3, -0.25) is 0 Å². The highest BCUT2D eigenvalue weighted by molar-refractivity contribution is 5.95. The minimum Gasteiger partial charge on any atom is -0.479 e. The van der Waals surface area contributed by atoms with Crippen LogP contribution in [0.25, 0.3) is 0 Å². The van der Waals surface area contributed by atoms with Crippen LogP contribution in [-0.2, 0) is 9.53 Å². The molecular weight excluding hydrogens is 224 g/mol. The molecule has 1 unspecified atom stereocenters. The van der Waals surface area contributed by atoms with Gasteiger partial charge in [0.05, 0.1) is 5.56 Å². The van der Waals surface area contributed by atoms with Crippen LogP contribution in [0, 0.1) is 0 Å². The van der Waals surface area contributed by atoms with Crippen LogP contribution in [0.4, 0.5) is 0 Å². The second kappa shape index (κ2) is 3.85. The highest BCUT2D eigenvalue weighted by Gasteiger charge is 2.50. The molecule has 2 atom stereocenters. The number of ether oxygens (including phenoxy) is 1. The first kappa shape index (κ1) is 11.6. The third-order valence-electron chi connectivity index (χ3n) is 3.03. The first-order valence-corrected chi connectivity index (χ1v) is 5.26. The zero-order chi connectivity index (χ0) is 12.6. The van der Waals surface area contributed by atoms with E-state index in [2.05, 4.69) is 0 Å². The van der Waals surface area contributed by atoms with Crippen LogP contribution in [-0.4, -0.2) is 27.8 Å². The number of carboxylic acids is 1. The number of carbonyl (C=O) groups excluding carboxylic acids is 1. The van der Waals surface area contributed by atoms with Gasteiger partial charge in [-0.25, -0.2) is 9.59 Å². The summed E-state index contributed by atoms with van der Waals surface area (Å²) < 4.78 is 4.98. The van der Waals surface area contributed by atoms with E-state index in [1.165, 1.54) is 6.92 Å². The molecule has 5 heteroatoms. The summed E-state index contributed by atoms with van der Waals surface area (Å²) in [6.45, 7) is 1.53. The van der Waals surface area contributed by atoms with E-state index in [0.717, 1.165) is 0 Å². The Labute approximate surface area is 97.6 Å². The Balaban J connectivity index is 2.50. The number of carbonyl (C=O) groups is 2. The van der Waals surface area contributed by atoms with Gasteiger partial charge in [-0.2, -0.15) is 0 Å². The summed E-state index contributed by atoms with van der Waals surface area (Å²) >= 11 is 0. The average Bonchev–Trinajstić information content (AvgIpc) is 2.67. The number of aliphatic hydroxyl groups is 1. The van der Waals surface area contributed by atoms with Gasteiger partial charge in [0.2, 0.25) is 5.60 Å². The molecule has 2 N–H and O–H groups in total. The summed E-state index contributed by atoms with van der Waals surface area (Å²) in [7, 11) is 0. The van der Waals surface area contributed by atoms with Crippen molar-refractivity contribution in [2.75, 3.05) is 0 Å². The van der Waals surface area contributed by atoms with Crippen molar-refractivity contribution in [3.63, 3.8) is 0 Å². The highest BCUT2D eigenvalue weighted by Crippen LogP contribution is 2.39. The number of cyclic esters (lactones) is 1. The van der Waals surface area contributed by atoms with E-state index >= 15 is 0 Å². The van der Waals surface area contributed by atoms with Crippen molar-refractivity contribution in [3.8, 4) is 0 Å². The van der Waals surface area contributed by atoms with Crippen LogP contribution in [0.15, 0.2) is 24.3 Å². The summed E-state index contributed by atoms with van der Waals surface area (Å²) in [6.07, 6.45) is -1.19. The molecule has 0 fully saturated rings. The smallest absolute Gasteiger partial charge is 0.340 e. The maximum Gasteiger partial charge on any atom is 0.340 e. The van der Waals surface area contributed by atoms with Crippen molar-refractivity contribution in [2.45, 2.75) is 25.0 Å². The SMILES string of the molecule is CCC(O)(C(=O)O)[C@@H]1OC(=O)c2ccccc21. The fourth-order valence-electron chi connectivity index (χ4n) is 1.95. The third kappa shape index (κ3) is 1.59. The Bertz CT molecular complexity index is 482. The molecule has 0 radical (unpaired) electrons. The van der Waals surface area contributed by atoms with Crippen LogP contribution in [0.3, 0.4) is 0 Å². The second-order valence-corrected chi connectivity index (χ2v) is 3.96. The standard InChI is InChI=1S/C12H12O5/c1-2-12(16,11(14)15)9-7-5-3-4-6-8(7)10(13)17-9/h3-6,9,16H,2H2,1H3,(H,14,15)/t9-,12?/m1/s1. The summed E-state index contributed by atoms with van der Waals surface area (Å²) in [5.41, 5.74) is -1.35. The van der Waals surface area contributed by atoms with E-state index in [1.54, 1.807) is 24.3 Å². The highest BCUT2D eigenvalue weighted by atomic mass is 16.6. The molecule has 90 valence electrons. The number of carboxylic acid groups (broad SMARTS) is 1. The van der Waals surface area contributed by atoms with E-state index < -0.39 is 23.6 Å². The zero-order valence-corrected chi connectivity index (χ0v) is 9.21. The Morgan fingerprint density at radius 3 is 2.71 bits per heavy atom. The lowest BCUT2D eigenvalue weighted by Crippen LogP contribution is -2.44. The Morgan fingerprint density at radius 2 is 2.12 bits per heavy atom. The maximum absolute atomic E-state index is 11.5. The van der Waals surface area contributed by atoms with Gasteiger partial charge in [-0.05, 0) is 12.5 Å². The lowest BCUT2D eigenvalue weighted by atomic mass is 9.88. The fourth-order valence-corrected chi connectivity index (χ4v) is 1.95. The molecule has 1 aromatic rings. The largest absolute Gasteiger partial charge is 0.479 e. The molecule has 2 rings (SSSR count). The van der Waals surface area contributed by atoms with E-state index in [-0.39, 0.29) is 6.42 Å². The lowest BCUT2D eigenvalue weighted by molar-refractivity contribution is -0.172. The Hall–Kier alpha value is -1.88. The fraction of sp³-hybridized carbons (Fsp3) is 0.333. The number of aliphatic carboxylic acids is 1. The number of fused-ring (bicyclic) bond motifs is 1. The van der Waals surface area contributed by atoms with E-state index in [4.69, 9.17) is 9.84 Å². The van der Waals surface area contributed by atoms with Crippen LogP contribution >= 0.6 is 0 Å². The lowest BCUT2D eigenvalue weighted by Gasteiger charge is -2.27. The zero-order valence-electron chi connectivity index (χ0n) is 9.21.